The van der Waals surface area contributed by atoms with Crippen LogP contribution in [0.4, 0.5) is 0 Å². The second-order valence-electron chi connectivity index (χ2n) is 5.36. The Balaban J connectivity index is 1.80. The average Bonchev–Trinajstić information content (AvgIpc) is 2.48. The molecule has 4 nitrogen and oxygen atoms in total. The van der Waals surface area contributed by atoms with E-state index in [1.54, 1.807) is 0 Å². The highest BCUT2D eigenvalue weighted by molar-refractivity contribution is 5.90. The van der Waals surface area contributed by atoms with Gasteiger partial charge in [-0.3, -0.25) is 9.78 Å². The third-order valence-corrected chi connectivity index (χ3v) is 3.94. The van der Waals surface area contributed by atoms with Crippen molar-refractivity contribution in [2.24, 2.45) is 5.73 Å². The van der Waals surface area contributed by atoms with Gasteiger partial charge in [0.25, 0.3) is 0 Å². The summed E-state index contributed by atoms with van der Waals surface area (Å²) in [5.41, 5.74) is 7.16. The number of ketones is 1. The largest absolute Gasteiger partial charge is 0.381 e. The zero-order valence-corrected chi connectivity index (χ0v) is 11.3. The van der Waals surface area contributed by atoms with E-state index in [4.69, 9.17) is 10.5 Å². The second kappa shape index (κ2) is 5.31. The van der Waals surface area contributed by atoms with E-state index in [9.17, 15) is 4.79 Å². The zero-order chi connectivity index (χ0) is 14.0. The van der Waals surface area contributed by atoms with Crippen LogP contribution in [0.2, 0.25) is 0 Å². The standard InChI is InChI=1S/C16H18N2O2/c17-16(7-9-20-10-8-16)15(19)11-13-6-5-12-3-1-2-4-14(12)18-13/h1-6H,7-11,17H2. The van der Waals surface area contributed by atoms with Gasteiger partial charge >= 0.3 is 0 Å². The maximum absolute atomic E-state index is 12.4. The van der Waals surface area contributed by atoms with Gasteiger partial charge in [0.2, 0.25) is 0 Å². The highest BCUT2D eigenvalue weighted by Gasteiger charge is 2.35. The molecule has 0 spiro atoms. The third kappa shape index (κ3) is 2.57. The minimum atomic E-state index is -0.744. The molecule has 2 aromatic rings. The molecule has 1 saturated heterocycles. The van der Waals surface area contributed by atoms with Crippen molar-refractivity contribution in [1.82, 2.24) is 4.98 Å². The third-order valence-electron chi connectivity index (χ3n) is 3.94. The van der Waals surface area contributed by atoms with Crippen LogP contribution >= 0.6 is 0 Å². The fraction of sp³-hybridized carbons (Fsp3) is 0.375. The number of nitrogens with zero attached hydrogens (tertiary/aromatic N) is 1. The van der Waals surface area contributed by atoms with Crippen molar-refractivity contribution >= 4 is 16.7 Å². The number of aromatic nitrogens is 1. The van der Waals surface area contributed by atoms with Gasteiger partial charge in [-0.25, -0.2) is 0 Å². The fourth-order valence-corrected chi connectivity index (χ4v) is 2.56. The quantitative estimate of drug-likeness (QED) is 0.924. The van der Waals surface area contributed by atoms with Gasteiger partial charge < -0.3 is 10.5 Å². The summed E-state index contributed by atoms with van der Waals surface area (Å²) in [7, 11) is 0. The number of para-hydroxylation sites is 1. The van der Waals surface area contributed by atoms with Gasteiger partial charge in [0.05, 0.1) is 17.5 Å². The lowest BCUT2D eigenvalue weighted by molar-refractivity contribution is -0.126. The van der Waals surface area contributed by atoms with E-state index >= 15 is 0 Å². The van der Waals surface area contributed by atoms with Crippen LogP contribution in [0.15, 0.2) is 36.4 Å². The van der Waals surface area contributed by atoms with Gasteiger partial charge in [-0.1, -0.05) is 24.3 Å². The lowest BCUT2D eigenvalue weighted by Gasteiger charge is -2.31. The van der Waals surface area contributed by atoms with Crippen molar-refractivity contribution in [1.29, 1.82) is 0 Å². The molecule has 4 heteroatoms. The van der Waals surface area contributed by atoms with E-state index < -0.39 is 5.54 Å². The maximum Gasteiger partial charge on any atom is 0.158 e. The lowest BCUT2D eigenvalue weighted by atomic mass is 9.84. The van der Waals surface area contributed by atoms with Crippen molar-refractivity contribution in [2.45, 2.75) is 24.8 Å². The van der Waals surface area contributed by atoms with Crippen LogP contribution in [0.3, 0.4) is 0 Å². The number of carbonyl (C=O) groups excluding carboxylic acids is 1. The minimum absolute atomic E-state index is 0.0589. The number of pyridine rings is 1. The molecule has 0 bridgehead atoms. The molecule has 0 atom stereocenters. The Morgan fingerprint density at radius 3 is 2.75 bits per heavy atom. The summed E-state index contributed by atoms with van der Waals surface area (Å²) in [6, 6.07) is 11.8. The van der Waals surface area contributed by atoms with Gasteiger partial charge in [0.15, 0.2) is 5.78 Å². The SMILES string of the molecule is NC1(C(=O)Cc2ccc3ccccc3n2)CCOCC1. The molecular formula is C16H18N2O2. The number of fused-ring (bicyclic) bond motifs is 1. The van der Waals surface area contributed by atoms with E-state index in [2.05, 4.69) is 4.98 Å². The molecule has 1 aromatic carbocycles. The van der Waals surface area contributed by atoms with Crippen LogP contribution in [0.5, 0.6) is 0 Å². The summed E-state index contributed by atoms with van der Waals surface area (Å²) in [6.45, 7) is 1.13. The number of ether oxygens (including phenoxy) is 1. The lowest BCUT2D eigenvalue weighted by Crippen LogP contribution is -2.52. The topological polar surface area (TPSA) is 65.2 Å². The van der Waals surface area contributed by atoms with Gasteiger partial charge in [0, 0.05) is 24.3 Å². The molecule has 2 heterocycles. The summed E-state index contributed by atoms with van der Waals surface area (Å²) in [5.74, 6) is 0.0589. The normalized spacial score (nSPS) is 18.1. The first-order valence-corrected chi connectivity index (χ1v) is 6.92. The van der Waals surface area contributed by atoms with E-state index in [1.807, 2.05) is 36.4 Å². The predicted octanol–water partition coefficient (Wildman–Crippen LogP) is 1.85. The van der Waals surface area contributed by atoms with Crippen molar-refractivity contribution < 1.29 is 9.53 Å². The predicted molar refractivity (Wildman–Crippen MR) is 77.4 cm³/mol. The molecule has 0 aliphatic carbocycles. The number of nitrogens with two attached hydrogens (primary N) is 1. The number of hydrogen-bond donors (Lipinski definition) is 1. The highest BCUT2D eigenvalue weighted by atomic mass is 16.5. The summed E-state index contributed by atoms with van der Waals surface area (Å²) in [6.07, 6.45) is 1.49. The molecule has 3 rings (SSSR count). The van der Waals surface area contributed by atoms with Gasteiger partial charge in [-0.2, -0.15) is 0 Å². The van der Waals surface area contributed by atoms with Crippen LogP contribution in [-0.2, 0) is 16.0 Å². The van der Waals surface area contributed by atoms with E-state index in [0.717, 1.165) is 16.6 Å². The van der Waals surface area contributed by atoms with Crippen LogP contribution in [-0.4, -0.2) is 29.5 Å². The molecule has 2 N–H and O–H groups in total. The number of rotatable bonds is 3. The van der Waals surface area contributed by atoms with Gasteiger partial charge in [-0.15, -0.1) is 0 Å². The molecule has 1 aliphatic rings. The first-order valence-electron chi connectivity index (χ1n) is 6.92. The second-order valence-corrected chi connectivity index (χ2v) is 5.36. The number of benzene rings is 1. The smallest absolute Gasteiger partial charge is 0.158 e. The van der Waals surface area contributed by atoms with Crippen molar-refractivity contribution in [2.75, 3.05) is 13.2 Å². The summed E-state index contributed by atoms with van der Waals surface area (Å²) in [4.78, 5) is 16.9. The first-order chi connectivity index (χ1) is 9.67. The highest BCUT2D eigenvalue weighted by Crippen LogP contribution is 2.21. The first kappa shape index (κ1) is 13.2. The van der Waals surface area contributed by atoms with E-state index in [1.165, 1.54) is 0 Å². The van der Waals surface area contributed by atoms with E-state index in [0.29, 0.717) is 32.5 Å². The van der Waals surface area contributed by atoms with Crippen LogP contribution in [0.25, 0.3) is 10.9 Å². The molecule has 1 aliphatic heterocycles. The number of hydrogen-bond acceptors (Lipinski definition) is 4. The van der Waals surface area contributed by atoms with Crippen LogP contribution < -0.4 is 5.73 Å². The minimum Gasteiger partial charge on any atom is -0.381 e. The van der Waals surface area contributed by atoms with Crippen molar-refractivity contribution in [3.8, 4) is 0 Å². The molecule has 0 unspecified atom stereocenters. The summed E-state index contributed by atoms with van der Waals surface area (Å²) in [5, 5.41) is 1.08. The van der Waals surface area contributed by atoms with Gasteiger partial charge in [-0.05, 0) is 25.0 Å². The Bertz CT molecular complexity index is 633. The monoisotopic (exact) mass is 270 g/mol. The number of Topliss-reactive ketones (excluding diaryl/α,β-unsaturated/α-hetero) is 1. The molecule has 20 heavy (non-hydrogen) atoms. The van der Waals surface area contributed by atoms with E-state index in [-0.39, 0.29) is 5.78 Å². The Labute approximate surface area is 117 Å². The Morgan fingerprint density at radius 1 is 1.20 bits per heavy atom. The molecular weight excluding hydrogens is 252 g/mol. The Morgan fingerprint density at radius 2 is 1.95 bits per heavy atom. The summed E-state index contributed by atoms with van der Waals surface area (Å²) < 4.78 is 5.28. The number of carbonyl (C=O) groups is 1. The molecule has 0 amide bonds. The van der Waals surface area contributed by atoms with Crippen LogP contribution in [0.1, 0.15) is 18.5 Å². The molecule has 0 saturated carbocycles. The Kier molecular flexibility index (Phi) is 3.51. The van der Waals surface area contributed by atoms with Crippen molar-refractivity contribution in [3.05, 3.63) is 42.1 Å². The Hall–Kier alpha value is -1.78. The summed E-state index contributed by atoms with van der Waals surface area (Å²) >= 11 is 0. The van der Waals surface area contributed by atoms with Crippen LogP contribution in [0, 0.1) is 0 Å². The molecule has 1 aromatic heterocycles. The average molecular weight is 270 g/mol. The molecule has 1 fully saturated rings. The molecule has 104 valence electrons. The zero-order valence-electron chi connectivity index (χ0n) is 11.3. The molecule has 0 radical (unpaired) electrons. The maximum atomic E-state index is 12.4. The van der Waals surface area contributed by atoms with Crippen molar-refractivity contribution in [3.63, 3.8) is 0 Å². The fourth-order valence-electron chi connectivity index (χ4n) is 2.56. The van der Waals surface area contributed by atoms with Gasteiger partial charge in [0.1, 0.15) is 0 Å².